The van der Waals surface area contributed by atoms with E-state index in [1.54, 1.807) is 19.1 Å². The third kappa shape index (κ3) is 3.73. The van der Waals surface area contributed by atoms with E-state index in [4.69, 9.17) is 5.73 Å². The Morgan fingerprint density at radius 3 is 1.95 bits per heavy atom. The quantitative estimate of drug-likeness (QED) is 0.849. The van der Waals surface area contributed by atoms with Crippen LogP contribution in [0.1, 0.15) is 6.92 Å². The van der Waals surface area contributed by atoms with Crippen molar-refractivity contribution in [2.45, 2.75) is 22.8 Å². The number of anilines is 1. The molecule has 0 radical (unpaired) electrons. The van der Waals surface area contributed by atoms with Crippen LogP contribution >= 0.6 is 15.9 Å². The second-order valence-electron chi connectivity index (χ2n) is 4.76. The molecule has 1 unspecified atom stereocenters. The van der Waals surface area contributed by atoms with Crippen LogP contribution in [0.25, 0.3) is 0 Å². The fourth-order valence-electron chi connectivity index (χ4n) is 1.72. The van der Waals surface area contributed by atoms with Gasteiger partial charge in [-0.15, -0.1) is 0 Å². The second kappa shape index (κ2) is 6.60. The molecule has 0 heterocycles. The summed E-state index contributed by atoms with van der Waals surface area (Å²) >= 11 is 3.27. The second-order valence-corrected chi connectivity index (χ2v) is 7.63. The largest absolute Gasteiger partial charge is 0.325 e. The van der Waals surface area contributed by atoms with Gasteiger partial charge in [0.1, 0.15) is 0 Å². The van der Waals surface area contributed by atoms with Crippen LogP contribution < -0.4 is 11.1 Å². The average Bonchev–Trinajstić information content (AvgIpc) is 2.48. The Morgan fingerprint density at radius 2 is 1.50 bits per heavy atom. The van der Waals surface area contributed by atoms with Gasteiger partial charge in [0, 0.05) is 10.2 Å². The Labute approximate surface area is 137 Å². The Morgan fingerprint density at radius 1 is 1.05 bits per heavy atom. The summed E-state index contributed by atoms with van der Waals surface area (Å²) in [6.07, 6.45) is 0. The van der Waals surface area contributed by atoms with Crippen molar-refractivity contribution in [1.29, 1.82) is 0 Å². The maximum Gasteiger partial charge on any atom is 0.240 e. The van der Waals surface area contributed by atoms with E-state index in [1.807, 2.05) is 0 Å². The minimum absolute atomic E-state index is 0.161. The lowest BCUT2D eigenvalue weighted by Crippen LogP contribution is -2.32. The fraction of sp³-hybridized carbons (Fsp3) is 0.133. The molecule has 0 saturated carbocycles. The number of rotatable bonds is 4. The van der Waals surface area contributed by atoms with Crippen LogP contribution in [-0.4, -0.2) is 20.4 Å². The highest BCUT2D eigenvalue weighted by Crippen LogP contribution is 2.23. The molecule has 116 valence electrons. The Bertz CT molecular complexity index is 769. The van der Waals surface area contributed by atoms with Gasteiger partial charge in [-0.2, -0.15) is 0 Å². The minimum Gasteiger partial charge on any atom is -0.325 e. The number of hydrogen-bond donors (Lipinski definition) is 2. The zero-order valence-corrected chi connectivity index (χ0v) is 14.2. The van der Waals surface area contributed by atoms with Crippen LogP contribution in [0.2, 0.25) is 0 Å². The SMILES string of the molecule is CC(N)C(=O)Nc1ccc(S(=O)(=O)c2ccc(Br)cc2)cc1. The van der Waals surface area contributed by atoms with Crippen LogP contribution in [-0.2, 0) is 14.6 Å². The smallest absolute Gasteiger partial charge is 0.240 e. The molecule has 5 nitrogen and oxygen atoms in total. The molecule has 0 spiro atoms. The van der Waals surface area contributed by atoms with E-state index in [0.717, 1.165) is 4.47 Å². The number of carbonyl (C=O) groups is 1. The van der Waals surface area contributed by atoms with Gasteiger partial charge in [0.2, 0.25) is 15.7 Å². The summed E-state index contributed by atoms with van der Waals surface area (Å²) in [4.78, 5) is 11.9. The van der Waals surface area contributed by atoms with E-state index >= 15 is 0 Å². The van der Waals surface area contributed by atoms with E-state index in [9.17, 15) is 13.2 Å². The summed E-state index contributed by atoms with van der Waals surface area (Å²) in [7, 11) is -3.58. The summed E-state index contributed by atoms with van der Waals surface area (Å²) in [6.45, 7) is 1.57. The molecule has 0 aliphatic carbocycles. The van der Waals surface area contributed by atoms with Gasteiger partial charge >= 0.3 is 0 Å². The van der Waals surface area contributed by atoms with Crippen molar-refractivity contribution in [2.75, 3.05) is 5.32 Å². The van der Waals surface area contributed by atoms with Crippen LogP contribution in [0.4, 0.5) is 5.69 Å². The average molecular weight is 383 g/mol. The van der Waals surface area contributed by atoms with Gasteiger partial charge < -0.3 is 11.1 Å². The highest BCUT2D eigenvalue weighted by molar-refractivity contribution is 9.10. The van der Waals surface area contributed by atoms with Crippen molar-refractivity contribution in [3.05, 3.63) is 53.0 Å². The first-order valence-electron chi connectivity index (χ1n) is 6.48. The zero-order valence-electron chi connectivity index (χ0n) is 11.8. The number of hydrogen-bond acceptors (Lipinski definition) is 4. The highest BCUT2D eigenvalue weighted by atomic mass is 79.9. The number of halogens is 1. The number of carbonyl (C=O) groups excluding carboxylic acids is 1. The zero-order chi connectivity index (χ0) is 16.3. The van der Waals surface area contributed by atoms with Crippen molar-refractivity contribution >= 4 is 37.4 Å². The van der Waals surface area contributed by atoms with Crippen molar-refractivity contribution in [2.24, 2.45) is 5.73 Å². The van der Waals surface area contributed by atoms with E-state index in [2.05, 4.69) is 21.2 Å². The molecule has 22 heavy (non-hydrogen) atoms. The Hall–Kier alpha value is -1.70. The summed E-state index contributed by atoms with van der Waals surface area (Å²) in [5.41, 5.74) is 5.96. The molecule has 7 heteroatoms. The molecule has 2 aromatic rings. The normalized spacial score (nSPS) is 12.7. The summed E-state index contributed by atoms with van der Waals surface area (Å²) in [5.74, 6) is -0.330. The van der Waals surface area contributed by atoms with Gasteiger partial charge in [0.15, 0.2) is 0 Å². The number of sulfone groups is 1. The van der Waals surface area contributed by atoms with Gasteiger partial charge in [-0.1, -0.05) is 15.9 Å². The summed E-state index contributed by atoms with van der Waals surface area (Å²) in [5, 5.41) is 2.60. The Balaban J connectivity index is 2.26. The van der Waals surface area contributed by atoms with Crippen LogP contribution in [0.15, 0.2) is 62.8 Å². The first-order valence-corrected chi connectivity index (χ1v) is 8.75. The first kappa shape index (κ1) is 16.7. The Kier molecular flexibility index (Phi) is 5.00. The lowest BCUT2D eigenvalue weighted by molar-refractivity contribution is -0.117. The molecule has 0 aromatic heterocycles. The van der Waals surface area contributed by atoms with Crippen molar-refractivity contribution in [3.63, 3.8) is 0 Å². The third-order valence-corrected chi connectivity index (χ3v) is 5.28. The molecular weight excluding hydrogens is 368 g/mol. The molecule has 1 amide bonds. The molecule has 1 atom stereocenters. The van der Waals surface area contributed by atoms with Crippen molar-refractivity contribution < 1.29 is 13.2 Å². The van der Waals surface area contributed by atoms with Crippen LogP contribution in [0, 0.1) is 0 Å². The standard InChI is InChI=1S/C15H15BrN2O3S/c1-10(17)15(19)18-12-4-8-14(9-5-12)22(20,21)13-6-2-11(16)3-7-13/h2-10H,17H2,1H3,(H,18,19). The predicted molar refractivity (Wildman–Crippen MR) is 88.3 cm³/mol. The van der Waals surface area contributed by atoms with E-state index in [-0.39, 0.29) is 15.7 Å². The van der Waals surface area contributed by atoms with Crippen molar-refractivity contribution in [1.82, 2.24) is 0 Å². The molecule has 2 rings (SSSR count). The number of nitrogens with two attached hydrogens (primary N) is 1. The monoisotopic (exact) mass is 382 g/mol. The van der Waals surface area contributed by atoms with Crippen LogP contribution in [0.3, 0.4) is 0 Å². The van der Waals surface area contributed by atoms with E-state index < -0.39 is 15.9 Å². The van der Waals surface area contributed by atoms with Gasteiger partial charge in [-0.3, -0.25) is 4.79 Å². The number of benzene rings is 2. The third-order valence-electron chi connectivity index (χ3n) is 2.97. The molecule has 0 bridgehead atoms. The minimum atomic E-state index is -3.58. The molecule has 0 fully saturated rings. The maximum atomic E-state index is 12.5. The van der Waals surface area contributed by atoms with Crippen LogP contribution in [0.5, 0.6) is 0 Å². The van der Waals surface area contributed by atoms with Gasteiger partial charge in [-0.25, -0.2) is 8.42 Å². The first-order chi connectivity index (χ1) is 10.3. The lowest BCUT2D eigenvalue weighted by atomic mass is 10.3. The van der Waals surface area contributed by atoms with Gasteiger partial charge in [-0.05, 0) is 55.5 Å². The highest BCUT2D eigenvalue weighted by Gasteiger charge is 2.17. The van der Waals surface area contributed by atoms with Crippen molar-refractivity contribution in [3.8, 4) is 0 Å². The molecule has 2 aromatic carbocycles. The maximum absolute atomic E-state index is 12.5. The number of nitrogens with one attached hydrogen (secondary N) is 1. The van der Waals surface area contributed by atoms with E-state index in [0.29, 0.717) is 5.69 Å². The molecule has 0 aliphatic heterocycles. The topological polar surface area (TPSA) is 89.3 Å². The van der Waals surface area contributed by atoms with Gasteiger partial charge in [0.05, 0.1) is 15.8 Å². The summed E-state index contributed by atoms with van der Waals surface area (Å²) < 4.78 is 25.7. The summed E-state index contributed by atoms with van der Waals surface area (Å²) in [6, 6.07) is 11.7. The molecule has 0 aliphatic rings. The molecule has 0 saturated heterocycles. The number of amides is 1. The van der Waals surface area contributed by atoms with E-state index in [1.165, 1.54) is 36.4 Å². The fourth-order valence-corrected chi connectivity index (χ4v) is 3.25. The predicted octanol–water partition coefficient (Wildman–Crippen LogP) is 2.57. The molecule has 3 N–H and O–H groups in total. The molecular formula is C15H15BrN2O3S. The van der Waals surface area contributed by atoms with Gasteiger partial charge in [0.25, 0.3) is 0 Å². The lowest BCUT2D eigenvalue weighted by Gasteiger charge is -2.09.